The first-order chi connectivity index (χ1) is 12.8. The molecule has 1 saturated heterocycles. The van der Waals surface area contributed by atoms with Crippen molar-refractivity contribution >= 4 is 5.91 Å². The largest absolute Gasteiger partial charge is 0.435 e. The summed E-state index contributed by atoms with van der Waals surface area (Å²) in [6.45, 7) is 4.04. The number of carbonyl (C=O) groups excluding carboxylic acids is 1. The Bertz CT molecular complexity index is 754. The zero-order valence-corrected chi connectivity index (χ0v) is 15.0. The number of nitrogens with one attached hydrogen (secondary N) is 1. The van der Waals surface area contributed by atoms with Crippen LogP contribution in [0.5, 0.6) is 0 Å². The van der Waals surface area contributed by atoms with Crippen LogP contribution in [0.2, 0.25) is 0 Å². The summed E-state index contributed by atoms with van der Waals surface area (Å²) in [6, 6.07) is 4.03. The van der Waals surface area contributed by atoms with Crippen molar-refractivity contribution in [1.29, 1.82) is 0 Å². The molecule has 3 heterocycles. The quantitative estimate of drug-likeness (QED) is 0.865. The average Bonchev–Trinajstić information content (AvgIpc) is 3.14. The lowest BCUT2D eigenvalue weighted by Crippen LogP contribution is -2.46. The molecule has 3 rings (SSSR count). The number of hydrogen-bond acceptors (Lipinski definition) is 4. The molecule has 0 aromatic carbocycles. The van der Waals surface area contributed by atoms with E-state index in [-0.39, 0.29) is 11.9 Å². The van der Waals surface area contributed by atoms with Gasteiger partial charge in [0.2, 0.25) is 5.91 Å². The molecule has 1 aliphatic rings. The number of likely N-dealkylation sites (tertiary alicyclic amines) is 1. The molecular weight excluding hydrogens is 359 g/mol. The van der Waals surface area contributed by atoms with Crippen molar-refractivity contribution in [2.75, 3.05) is 13.1 Å². The first-order valence-corrected chi connectivity index (χ1v) is 8.87. The van der Waals surface area contributed by atoms with E-state index < -0.39 is 17.9 Å². The molecule has 9 heteroatoms. The van der Waals surface area contributed by atoms with Gasteiger partial charge in [-0.15, -0.1) is 0 Å². The standard InChI is InChI=1S/C18H22F3N5O/c1-13(26-10-6-16(24-26)18(19,20)21)17(27)23-15-4-8-25(9-5-15)12-14-3-2-7-22-11-14/h2-3,6-7,10-11,13,15H,4-5,8-9,12H2,1H3,(H,23,27). The molecule has 0 aliphatic carbocycles. The Morgan fingerprint density at radius 2 is 2.07 bits per heavy atom. The molecule has 0 bridgehead atoms. The maximum absolute atomic E-state index is 12.6. The second-order valence-electron chi connectivity index (χ2n) is 6.78. The first-order valence-electron chi connectivity index (χ1n) is 8.87. The molecule has 1 aliphatic heterocycles. The van der Waals surface area contributed by atoms with Crippen molar-refractivity contribution in [1.82, 2.24) is 25.0 Å². The molecule has 1 fully saturated rings. The van der Waals surface area contributed by atoms with E-state index in [4.69, 9.17) is 0 Å². The fourth-order valence-corrected chi connectivity index (χ4v) is 3.13. The highest BCUT2D eigenvalue weighted by molar-refractivity contribution is 5.80. The van der Waals surface area contributed by atoms with Crippen molar-refractivity contribution in [2.45, 2.75) is 44.6 Å². The van der Waals surface area contributed by atoms with Gasteiger partial charge in [0.25, 0.3) is 0 Å². The molecule has 2 aromatic rings. The maximum Gasteiger partial charge on any atom is 0.435 e. The molecule has 146 valence electrons. The summed E-state index contributed by atoms with van der Waals surface area (Å²) in [4.78, 5) is 18.8. The van der Waals surface area contributed by atoms with Gasteiger partial charge in [-0.2, -0.15) is 18.3 Å². The number of nitrogens with zero attached hydrogens (tertiary/aromatic N) is 4. The SMILES string of the molecule is CC(C(=O)NC1CCN(Cc2cccnc2)CC1)n1ccc(C(F)(F)F)n1. The molecular formula is C18H22F3N5O. The smallest absolute Gasteiger partial charge is 0.351 e. The second-order valence-corrected chi connectivity index (χ2v) is 6.78. The van der Waals surface area contributed by atoms with Gasteiger partial charge < -0.3 is 5.32 Å². The number of piperidine rings is 1. The Labute approximate surface area is 155 Å². The molecule has 1 unspecified atom stereocenters. The van der Waals surface area contributed by atoms with E-state index in [0.717, 1.165) is 48.8 Å². The molecule has 0 saturated carbocycles. The van der Waals surface area contributed by atoms with Crippen LogP contribution < -0.4 is 5.32 Å². The minimum absolute atomic E-state index is 0.0164. The molecule has 0 spiro atoms. The Morgan fingerprint density at radius 1 is 1.33 bits per heavy atom. The van der Waals surface area contributed by atoms with Gasteiger partial charge in [-0.25, -0.2) is 0 Å². The Morgan fingerprint density at radius 3 is 2.67 bits per heavy atom. The molecule has 1 amide bonds. The lowest BCUT2D eigenvalue weighted by atomic mass is 10.0. The van der Waals surface area contributed by atoms with Crippen LogP contribution in [0.3, 0.4) is 0 Å². The van der Waals surface area contributed by atoms with Gasteiger partial charge >= 0.3 is 6.18 Å². The number of rotatable bonds is 5. The molecule has 27 heavy (non-hydrogen) atoms. The number of carbonyl (C=O) groups is 1. The fraction of sp³-hybridized carbons (Fsp3) is 0.500. The van der Waals surface area contributed by atoms with Gasteiger partial charge in [0.05, 0.1) is 0 Å². The van der Waals surface area contributed by atoms with E-state index in [1.54, 1.807) is 13.1 Å². The van der Waals surface area contributed by atoms with Crippen LogP contribution in [0.15, 0.2) is 36.8 Å². The highest BCUT2D eigenvalue weighted by atomic mass is 19.4. The Balaban J connectivity index is 1.48. The zero-order valence-electron chi connectivity index (χ0n) is 15.0. The monoisotopic (exact) mass is 381 g/mol. The van der Waals surface area contributed by atoms with Crippen LogP contribution in [0.4, 0.5) is 13.2 Å². The van der Waals surface area contributed by atoms with Crippen molar-refractivity contribution < 1.29 is 18.0 Å². The van der Waals surface area contributed by atoms with E-state index in [1.165, 1.54) is 6.20 Å². The normalized spacial score (nSPS) is 17.6. The molecule has 6 nitrogen and oxygen atoms in total. The minimum Gasteiger partial charge on any atom is -0.351 e. The molecule has 2 aromatic heterocycles. The highest BCUT2D eigenvalue weighted by Crippen LogP contribution is 2.27. The topological polar surface area (TPSA) is 63.1 Å². The van der Waals surface area contributed by atoms with Crippen molar-refractivity contribution in [3.05, 3.63) is 48.0 Å². The average molecular weight is 381 g/mol. The number of pyridine rings is 1. The first kappa shape index (κ1) is 19.3. The van der Waals surface area contributed by atoms with Crippen LogP contribution in [0, 0.1) is 0 Å². The third-order valence-electron chi connectivity index (χ3n) is 4.74. The lowest BCUT2D eigenvalue weighted by Gasteiger charge is -2.32. The molecule has 1 N–H and O–H groups in total. The molecule has 0 radical (unpaired) electrons. The number of amides is 1. The van der Waals surface area contributed by atoms with Gasteiger partial charge in [0, 0.05) is 44.3 Å². The number of hydrogen-bond donors (Lipinski definition) is 1. The predicted octanol–water partition coefficient (Wildman–Crippen LogP) is 2.64. The van der Waals surface area contributed by atoms with Crippen LogP contribution in [0.25, 0.3) is 0 Å². The van der Waals surface area contributed by atoms with E-state index >= 15 is 0 Å². The number of halogens is 3. The van der Waals surface area contributed by atoms with Crippen LogP contribution in [-0.4, -0.2) is 44.7 Å². The third kappa shape index (κ3) is 5.06. The van der Waals surface area contributed by atoms with E-state index in [0.29, 0.717) is 0 Å². The summed E-state index contributed by atoms with van der Waals surface area (Å²) in [7, 11) is 0. The molecule has 1 atom stereocenters. The Hall–Kier alpha value is -2.42. The third-order valence-corrected chi connectivity index (χ3v) is 4.74. The summed E-state index contributed by atoms with van der Waals surface area (Å²) in [5.74, 6) is -0.322. The van der Waals surface area contributed by atoms with Gasteiger partial charge in [0.1, 0.15) is 6.04 Å². The van der Waals surface area contributed by atoms with Crippen LogP contribution >= 0.6 is 0 Å². The van der Waals surface area contributed by atoms with Crippen molar-refractivity contribution in [3.63, 3.8) is 0 Å². The summed E-state index contributed by atoms with van der Waals surface area (Å²) in [5.41, 5.74) is 0.151. The lowest BCUT2D eigenvalue weighted by molar-refractivity contribution is -0.142. The summed E-state index contributed by atoms with van der Waals surface area (Å²) in [6.07, 6.45) is 1.85. The van der Waals surface area contributed by atoms with Gasteiger partial charge in [-0.05, 0) is 37.5 Å². The highest BCUT2D eigenvalue weighted by Gasteiger charge is 2.34. The number of alkyl halides is 3. The number of aromatic nitrogens is 3. The van der Waals surface area contributed by atoms with Gasteiger partial charge in [-0.1, -0.05) is 6.07 Å². The zero-order chi connectivity index (χ0) is 19.4. The fourth-order valence-electron chi connectivity index (χ4n) is 3.13. The summed E-state index contributed by atoms with van der Waals surface area (Å²) >= 11 is 0. The Kier molecular flexibility index (Phi) is 5.79. The van der Waals surface area contributed by atoms with E-state index in [2.05, 4.69) is 20.3 Å². The van der Waals surface area contributed by atoms with Crippen molar-refractivity contribution in [3.8, 4) is 0 Å². The predicted molar refractivity (Wildman–Crippen MR) is 92.6 cm³/mol. The van der Waals surface area contributed by atoms with Crippen LogP contribution in [0.1, 0.15) is 37.1 Å². The van der Waals surface area contributed by atoms with Gasteiger partial charge in [-0.3, -0.25) is 19.4 Å². The maximum atomic E-state index is 12.6. The van der Waals surface area contributed by atoms with Gasteiger partial charge in [0.15, 0.2) is 5.69 Å². The minimum atomic E-state index is -4.51. The van der Waals surface area contributed by atoms with Crippen molar-refractivity contribution in [2.24, 2.45) is 0 Å². The van der Waals surface area contributed by atoms with E-state index in [1.807, 2.05) is 18.3 Å². The van der Waals surface area contributed by atoms with E-state index in [9.17, 15) is 18.0 Å². The summed E-state index contributed by atoms with van der Waals surface area (Å²) < 4.78 is 39.0. The van der Waals surface area contributed by atoms with Crippen LogP contribution in [-0.2, 0) is 17.5 Å². The second kappa shape index (κ2) is 8.08. The summed E-state index contributed by atoms with van der Waals surface area (Å²) in [5, 5.41) is 6.40.